The zero-order chi connectivity index (χ0) is 12.5. The van der Waals surface area contributed by atoms with Gasteiger partial charge < -0.3 is 0 Å². The number of rotatable bonds is 2. The molecule has 98 valence electrons. The summed E-state index contributed by atoms with van der Waals surface area (Å²) in [5.74, 6) is 3.31. The van der Waals surface area contributed by atoms with Crippen LogP contribution >= 0.6 is 23.5 Å². The van der Waals surface area contributed by atoms with Crippen molar-refractivity contribution in [2.45, 2.75) is 36.0 Å². The van der Waals surface area contributed by atoms with Gasteiger partial charge in [0.25, 0.3) is 0 Å². The largest absolute Gasteiger partial charge is 0.298 e. The van der Waals surface area contributed by atoms with Crippen LogP contribution in [0.15, 0.2) is 29.2 Å². The third-order valence-electron chi connectivity index (χ3n) is 4.27. The molecule has 18 heavy (non-hydrogen) atoms. The molecule has 0 radical (unpaired) electrons. The molecule has 0 aromatic heterocycles. The Labute approximate surface area is 119 Å². The van der Waals surface area contributed by atoms with Gasteiger partial charge in [0.15, 0.2) is 0 Å². The third-order valence-corrected chi connectivity index (χ3v) is 6.86. The number of nitrogens with zero attached hydrogens (tertiary/aromatic N) is 1. The summed E-state index contributed by atoms with van der Waals surface area (Å²) in [6, 6.07) is 9.68. The van der Waals surface area contributed by atoms with Gasteiger partial charge >= 0.3 is 0 Å². The molecule has 1 nitrogen and oxygen atoms in total. The Kier molecular flexibility index (Phi) is 3.92. The van der Waals surface area contributed by atoms with E-state index < -0.39 is 0 Å². The van der Waals surface area contributed by atoms with Crippen molar-refractivity contribution in [3.8, 4) is 0 Å². The first-order chi connectivity index (χ1) is 8.75. The monoisotopic (exact) mass is 279 g/mol. The second-order valence-electron chi connectivity index (χ2n) is 5.36. The Balaban J connectivity index is 1.71. The van der Waals surface area contributed by atoms with Crippen LogP contribution in [0.5, 0.6) is 0 Å². The predicted octanol–water partition coefficient (Wildman–Crippen LogP) is 3.70. The third kappa shape index (κ3) is 2.45. The first-order valence-electron chi connectivity index (χ1n) is 6.83. The van der Waals surface area contributed by atoms with E-state index in [1.807, 2.05) is 11.8 Å². The summed E-state index contributed by atoms with van der Waals surface area (Å²) >= 11 is 4.16. The van der Waals surface area contributed by atoms with Crippen LogP contribution in [-0.4, -0.2) is 40.8 Å². The van der Waals surface area contributed by atoms with Crippen molar-refractivity contribution in [3.63, 3.8) is 0 Å². The molecule has 2 aliphatic heterocycles. The second-order valence-corrected chi connectivity index (χ2v) is 7.90. The predicted molar refractivity (Wildman–Crippen MR) is 82.9 cm³/mol. The van der Waals surface area contributed by atoms with Crippen molar-refractivity contribution in [1.29, 1.82) is 0 Å². The second kappa shape index (κ2) is 5.48. The van der Waals surface area contributed by atoms with Gasteiger partial charge in [0.1, 0.15) is 0 Å². The molecule has 2 aliphatic rings. The number of hydrogen-bond donors (Lipinski definition) is 0. The summed E-state index contributed by atoms with van der Waals surface area (Å²) in [6.07, 6.45) is 0. The summed E-state index contributed by atoms with van der Waals surface area (Å²) in [4.78, 5) is 4.21. The lowest BCUT2D eigenvalue weighted by atomic mass is 10.00. The minimum absolute atomic E-state index is 0.724. The molecule has 3 unspecified atom stereocenters. The molecule has 3 atom stereocenters. The quantitative estimate of drug-likeness (QED) is 0.812. The first kappa shape index (κ1) is 12.9. The Hall–Kier alpha value is -0.120. The zero-order valence-electron chi connectivity index (χ0n) is 11.1. The summed E-state index contributed by atoms with van der Waals surface area (Å²) in [5.41, 5.74) is 1.58. The average molecular weight is 279 g/mol. The van der Waals surface area contributed by atoms with E-state index >= 15 is 0 Å². The molecular weight excluding hydrogens is 258 g/mol. The minimum atomic E-state index is 0.724. The molecule has 1 aromatic carbocycles. The SMILES string of the molecule is CC1SCCN(CC2CSc3ccccc32)C1C. The highest BCUT2D eigenvalue weighted by atomic mass is 32.2. The Morgan fingerprint density at radius 3 is 3.00 bits per heavy atom. The van der Waals surface area contributed by atoms with Crippen molar-refractivity contribution in [1.82, 2.24) is 4.90 Å². The summed E-state index contributed by atoms with van der Waals surface area (Å²) in [7, 11) is 0. The van der Waals surface area contributed by atoms with Crippen molar-refractivity contribution in [2.24, 2.45) is 0 Å². The molecule has 0 saturated carbocycles. The topological polar surface area (TPSA) is 3.24 Å². The van der Waals surface area contributed by atoms with Crippen LogP contribution in [0.4, 0.5) is 0 Å². The van der Waals surface area contributed by atoms with Crippen molar-refractivity contribution in [2.75, 3.05) is 24.6 Å². The fourth-order valence-electron chi connectivity index (χ4n) is 2.92. The van der Waals surface area contributed by atoms with Gasteiger partial charge in [-0.3, -0.25) is 4.90 Å². The number of benzene rings is 1. The van der Waals surface area contributed by atoms with E-state index in [9.17, 15) is 0 Å². The van der Waals surface area contributed by atoms with E-state index in [2.05, 4.69) is 54.8 Å². The molecule has 3 rings (SSSR count). The smallest absolute Gasteiger partial charge is 0.0184 e. The number of hydrogen-bond acceptors (Lipinski definition) is 3. The molecule has 0 N–H and O–H groups in total. The van der Waals surface area contributed by atoms with Crippen LogP contribution in [0.25, 0.3) is 0 Å². The van der Waals surface area contributed by atoms with Crippen LogP contribution in [0.1, 0.15) is 25.3 Å². The Morgan fingerprint density at radius 1 is 1.28 bits per heavy atom. The maximum Gasteiger partial charge on any atom is 0.0184 e. The van der Waals surface area contributed by atoms with Gasteiger partial charge in [-0.25, -0.2) is 0 Å². The minimum Gasteiger partial charge on any atom is -0.298 e. The lowest BCUT2D eigenvalue weighted by Crippen LogP contribution is -2.46. The van der Waals surface area contributed by atoms with E-state index in [0.717, 1.165) is 17.2 Å². The van der Waals surface area contributed by atoms with Crippen molar-refractivity contribution >= 4 is 23.5 Å². The lowest BCUT2D eigenvalue weighted by Gasteiger charge is -2.38. The molecule has 0 aliphatic carbocycles. The number of thioether (sulfide) groups is 2. The van der Waals surface area contributed by atoms with Gasteiger partial charge in [0.05, 0.1) is 0 Å². The van der Waals surface area contributed by atoms with E-state index in [1.54, 1.807) is 5.56 Å². The van der Waals surface area contributed by atoms with Gasteiger partial charge in [-0.05, 0) is 18.6 Å². The normalized spacial score (nSPS) is 32.4. The molecule has 1 fully saturated rings. The Morgan fingerprint density at radius 2 is 2.11 bits per heavy atom. The highest BCUT2D eigenvalue weighted by Crippen LogP contribution is 2.40. The van der Waals surface area contributed by atoms with Gasteiger partial charge in [0.2, 0.25) is 0 Å². The van der Waals surface area contributed by atoms with Crippen LogP contribution in [0.2, 0.25) is 0 Å². The van der Waals surface area contributed by atoms with E-state index in [1.165, 1.54) is 29.5 Å². The maximum absolute atomic E-state index is 2.70. The van der Waals surface area contributed by atoms with Gasteiger partial charge in [-0.1, -0.05) is 25.1 Å². The summed E-state index contributed by atoms with van der Waals surface area (Å²) < 4.78 is 0. The molecule has 2 heterocycles. The van der Waals surface area contributed by atoms with E-state index in [0.29, 0.717) is 0 Å². The molecular formula is C15H21NS2. The zero-order valence-corrected chi connectivity index (χ0v) is 12.8. The highest BCUT2D eigenvalue weighted by Gasteiger charge is 2.30. The summed E-state index contributed by atoms with van der Waals surface area (Å²) in [5, 5.41) is 0.781. The van der Waals surface area contributed by atoms with E-state index in [4.69, 9.17) is 0 Å². The van der Waals surface area contributed by atoms with Crippen LogP contribution in [-0.2, 0) is 0 Å². The standard InChI is InChI=1S/C15H21NS2/c1-11-12(2)17-8-7-16(11)9-13-10-18-15-6-4-3-5-14(13)15/h3-6,11-13H,7-10H2,1-2H3. The first-order valence-corrected chi connectivity index (χ1v) is 8.86. The Bertz CT molecular complexity index is 421. The molecule has 1 saturated heterocycles. The average Bonchev–Trinajstić information content (AvgIpc) is 2.79. The molecule has 0 spiro atoms. The van der Waals surface area contributed by atoms with Gasteiger partial charge in [-0.2, -0.15) is 11.8 Å². The fraction of sp³-hybridized carbons (Fsp3) is 0.600. The van der Waals surface area contributed by atoms with Crippen molar-refractivity contribution < 1.29 is 0 Å². The van der Waals surface area contributed by atoms with Crippen LogP contribution in [0.3, 0.4) is 0 Å². The van der Waals surface area contributed by atoms with Crippen LogP contribution < -0.4 is 0 Å². The summed E-state index contributed by atoms with van der Waals surface area (Å²) in [6.45, 7) is 7.28. The fourth-order valence-corrected chi connectivity index (χ4v) is 5.32. The lowest BCUT2D eigenvalue weighted by molar-refractivity contribution is 0.204. The number of fused-ring (bicyclic) bond motifs is 1. The van der Waals surface area contributed by atoms with Gasteiger partial charge in [-0.15, -0.1) is 11.8 Å². The van der Waals surface area contributed by atoms with E-state index in [-0.39, 0.29) is 0 Å². The maximum atomic E-state index is 2.70. The molecule has 0 amide bonds. The molecule has 3 heteroatoms. The van der Waals surface area contributed by atoms with Crippen molar-refractivity contribution in [3.05, 3.63) is 29.8 Å². The molecule has 1 aromatic rings. The van der Waals surface area contributed by atoms with Crippen LogP contribution in [0, 0.1) is 0 Å². The molecule has 0 bridgehead atoms. The highest BCUT2D eigenvalue weighted by molar-refractivity contribution is 8.00. The van der Waals surface area contributed by atoms with Gasteiger partial charge in [0, 0.05) is 46.7 Å².